The van der Waals surface area contributed by atoms with Crippen molar-refractivity contribution in [3.05, 3.63) is 11.8 Å². The number of nitrogens with two attached hydrogens (primary N) is 1. The zero-order valence-electron chi connectivity index (χ0n) is 10.6. The summed E-state index contributed by atoms with van der Waals surface area (Å²) in [7, 11) is -3.59. The lowest BCUT2D eigenvalue weighted by molar-refractivity contribution is 0.114. The van der Waals surface area contributed by atoms with E-state index in [4.69, 9.17) is 10.5 Å². The molecule has 0 spiro atoms. The zero-order chi connectivity index (χ0) is 13.6. The summed E-state index contributed by atoms with van der Waals surface area (Å²) in [5, 5.41) is 6.13. The highest BCUT2D eigenvalue weighted by Gasteiger charge is 2.19. The minimum atomic E-state index is -3.59. The lowest BCUT2D eigenvalue weighted by atomic mass is 10.2. The number of aromatic amines is 1. The fraction of sp³-hybridized carbons (Fsp3) is 0.700. The molecule has 1 rings (SSSR count). The number of aromatic nitrogens is 2. The van der Waals surface area contributed by atoms with Gasteiger partial charge in [-0.1, -0.05) is 13.8 Å². The molecule has 1 heterocycles. The predicted octanol–water partition coefficient (Wildman–Crippen LogP) is -0.181. The Kier molecular flexibility index (Phi) is 5.73. The molecule has 1 aromatic heterocycles. The van der Waals surface area contributed by atoms with E-state index in [2.05, 4.69) is 14.9 Å². The molecule has 0 amide bonds. The number of hydrogen-bond acceptors (Lipinski definition) is 5. The van der Waals surface area contributed by atoms with E-state index < -0.39 is 10.0 Å². The summed E-state index contributed by atoms with van der Waals surface area (Å²) < 4.78 is 31.5. The normalized spacial score (nSPS) is 12.2. The number of nitrogens with zero attached hydrogens (tertiary/aromatic N) is 1. The lowest BCUT2D eigenvalue weighted by Crippen LogP contribution is -2.29. The maximum absolute atomic E-state index is 11.9. The Bertz CT molecular complexity index is 455. The summed E-state index contributed by atoms with van der Waals surface area (Å²) in [6.45, 7) is 5.35. The van der Waals surface area contributed by atoms with Crippen LogP contribution in [-0.4, -0.2) is 38.4 Å². The van der Waals surface area contributed by atoms with Gasteiger partial charge in [0.2, 0.25) is 0 Å². The quantitative estimate of drug-likeness (QED) is 0.570. The van der Waals surface area contributed by atoms with E-state index in [1.54, 1.807) is 0 Å². The van der Waals surface area contributed by atoms with Gasteiger partial charge in [-0.05, 0) is 5.92 Å². The lowest BCUT2D eigenvalue weighted by Gasteiger charge is -2.08. The van der Waals surface area contributed by atoms with Gasteiger partial charge in [0.15, 0.2) is 5.03 Å². The van der Waals surface area contributed by atoms with Crippen molar-refractivity contribution in [2.75, 3.05) is 19.8 Å². The van der Waals surface area contributed by atoms with Crippen LogP contribution in [0.5, 0.6) is 0 Å². The Morgan fingerprint density at radius 2 is 2.28 bits per heavy atom. The molecule has 7 nitrogen and oxygen atoms in total. The van der Waals surface area contributed by atoms with Gasteiger partial charge in [-0.2, -0.15) is 5.10 Å². The van der Waals surface area contributed by atoms with Gasteiger partial charge in [0.1, 0.15) is 0 Å². The number of ether oxygens (including phenoxy) is 1. The van der Waals surface area contributed by atoms with E-state index in [0.29, 0.717) is 24.7 Å². The first-order chi connectivity index (χ1) is 8.47. The number of hydrogen-bond donors (Lipinski definition) is 3. The first kappa shape index (κ1) is 15.1. The van der Waals surface area contributed by atoms with E-state index in [1.807, 2.05) is 13.8 Å². The maximum atomic E-state index is 11.9. The molecular formula is C10H20N4O3S. The minimum absolute atomic E-state index is 0.0221. The van der Waals surface area contributed by atoms with Crippen LogP contribution in [0.3, 0.4) is 0 Å². The molecule has 0 fully saturated rings. The molecule has 0 aromatic carbocycles. The Balaban J connectivity index is 2.46. The van der Waals surface area contributed by atoms with Crippen LogP contribution in [0.4, 0.5) is 0 Å². The van der Waals surface area contributed by atoms with Crippen molar-refractivity contribution in [1.29, 1.82) is 0 Å². The van der Waals surface area contributed by atoms with Crippen LogP contribution in [-0.2, 0) is 21.3 Å². The van der Waals surface area contributed by atoms with Crippen molar-refractivity contribution in [3.63, 3.8) is 0 Å². The van der Waals surface area contributed by atoms with Crippen LogP contribution in [0.25, 0.3) is 0 Å². The van der Waals surface area contributed by atoms with Crippen molar-refractivity contribution in [2.45, 2.75) is 25.4 Å². The monoisotopic (exact) mass is 276 g/mol. The Hall–Kier alpha value is -0.960. The fourth-order valence-electron chi connectivity index (χ4n) is 1.32. The Morgan fingerprint density at radius 1 is 1.56 bits per heavy atom. The van der Waals surface area contributed by atoms with Gasteiger partial charge in [-0.25, -0.2) is 13.1 Å². The van der Waals surface area contributed by atoms with Crippen LogP contribution in [0.2, 0.25) is 0 Å². The summed E-state index contributed by atoms with van der Waals surface area (Å²) in [5.74, 6) is 0.429. The van der Waals surface area contributed by atoms with Gasteiger partial charge >= 0.3 is 0 Å². The van der Waals surface area contributed by atoms with E-state index in [1.165, 1.54) is 6.20 Å². The third kappa shape index (κ3) is 4.37. The van der Waals surface area contributed by atoms with E-state index >= 15 is 0 Å². The second kappa shape index (κ2) is 6.83. The second-order valence-electron chi connectivity index (χ2n) is 4.30. The van der Waals surface area contributed by atoms with Crippen molar-refractivity contribution in [2.24, 2.45) is 11.7 Å². The summed E-state index contributed by atoms with van der Waals surface area (Å²) in [4.78, 5) is 0. The molecular weight excluding hydrogens is 256 g/mol. The predicted molar refractivity (Wildman–Crippen MR) is 67.3 cm³/mol. The first-order valence-electron chi connectivity index (χ1n) is 5.77. The molecule has 0 atom stereocenters. The van der Waals surface area contributed by atoms with Crippen LogP contribution in [0.15, 0.2) is 11.2 Å². The maximum Gasteiger partial charge on any atom is 0.257 e. The third-order valence-corrected chi connectivity index (χ3v) is 3.63. The second-order valence-corrected chi connectivity index (χ2v) is 6.00. The number of rotatable bonds is 8. The zero-order valence-corrected chi connectivity index (χ0v) is 11.5. The van der Waals surface area contributed by atoms with Crippen molar-refractivity contribution in [1.82, 2.24) is 14.9 Å². The minimum Gasteiger partial charge on any atom is -0.380 e. The highest BCUT2D eigenvalue weighted by atomic mass is 32.2. The van der Waals surface area contributed by atoms with Crippen molar-refractivity contribution >= 4 is 10.0 Å². The van der Waals surface area contributed by atoms with Crippen molar-refractivity contribution < 1.29 is 13.2 Å². The molecule has 0 aliphatic heterocycles. The highest BCUT2D eigenvalue weighted by molar-refractivity contribution is 7.89. The SMILES string of the molecule is CC(C)COCCNS(=O)(=O)c1[nH]ncc1CN. The molecule has 0 aliphatic rings. The van der Waals surface area contributed by atoms with Gasteiger partial charge in [-0.15, -0.1) is 0 Å². The molecule has 104 valence electrons. The standard InChI is InChI=1S/C10H20N4O3S/c1-8(2)7-17-4-3-13-18(15,16)10-9(5-11)6-12-14-10/h6,8,13H,3-5,7,11H2,1-2H3,(H,12,14). The van der Waals surface area contributed by atoms with E-state index in [-0.39, 0.29) is 18.1 Å². The fourth-order valence-corrected chi connectivity index (χ4v) is 2.47. The first-order valence-corrected chi connectivity index (χ1v) is 7.25. The summed E-state index contributed by atoms with van der Waals surface area (Å²) in [6.07, 6.45) is 1.41. The number of H-pyrrole nitrogens is 1. The highest BCUT2D eigenvalue weighted by Crippen LogP contribution is 2.10. The van der Waals surface area contributed by atoms with Crippen LogP contribution in [0.1, 0.15) is 19.4 Å². The molecule has 0 aliphatic carbocycles. The summed E-state index contributed by atoms with van der Waals surface area (Å²) in [5.41, 5.74) is 5.89. The molecule has 8 heteroatoms. The van der Waals surface area contributed by atoms with E-state index in [0.717, 1.165) is 0 Å². The Labute approximate surface area is 107 Å². The molecule has 0 saturated carbocycles. The number of sulfonamides is 1. The van der Waals surface area contributed by atoms with Crippen molar-refractivity contribution in [3.8, 4) is 0 Å². The van der Waals surface area contributed by atoms with E-state index in [9.17, 15) is 8.42 Å². The molecule has 18 heavy (non-hydrogen) atoms. The average Bonchev–Trinajstić information content (AvgIpc) is 2.76. The van der Waals surface area contributed by atoms with Gasteiger partial charge in [0.05, 0.1) is 12.8 Å². The summed E-state index contributed by atoms with van der Waals surface area (Å²) >= 11 is 0. The smallest absolute Gasteiger partial charge is 0.257 e. The van der Waals surface area contributed by atoms with Crippen LogP contribution < -0.4 is 10.5 Å². The molecule has 1 aromatic rings. The molecule has 0 saturated heterocycles. The molecule has 4 N–H and O–H groups in total. The molecule has 0 radical (unpaired) electrons. The van der Waals surface area contributed by atoms with Crippen LogP contribution >= 0.6 is 0 Å². The Morgan fingerprint density at radius 3 is 2.89 bits per heavy atom. The van der Waals surface area contributed by atoms with Gasteiger partial charge < -0.3 is 10.5 Å². The number of nitrogens with one attached hydrogen (secondary N) is 2. The molecule has 0 bridgehead atoms. The average molecular weight is 276 g/mol. The van der Waals surface area contributed by atoms with Crippen LogP contribution in [0, 0.1) is 5.92 Å². The van der Waals surface area contributed by atoms with Gasteiger partial charge in [-0.3, -0.25) is 5.10 Å². The van der Waals surface area contributed by atoms with Gasteiger partial charge in [0, 0.05) is 25.3 Å². The molecule has 0 unspecified atom stereocenters. The largest absolute Gasteiger partial charge is 0.380 e. The topological polar surface area (TPSA) is 110 Å². The van der Waals surface area contributed by atoms with Gasteiger partial charge in [0.25, 0.3) is 10.0 Å². The summed E-state index contributed by atoms with van der Waals surface area (Å²) in [6, 6.07) is 0. The third-order valence-electron chi connectivity index (χ3n) is 2.16.